The quantitative estimate of drug-likeness (QED) is 0.924. The Balaban J connectivity index is 1.52. The summed E-state index contributed by atoms with van der Waals surface area (Å²) in [5.74, 6) is 0.781. The molecule has 2 nitrogen and oxygen atoms in total. The zero-order valence-corrected chi connectivity index (χ0v) is 12.5. The first-order valence-electron chi connectivity index (χ1n) is 8.05. The van der Waals surface area contributed by atoms with Gasteiger partial charge in [0.05, 0.1) is 11.7 Å². The van der Waals surface area contributed by atoms with E-state index < -0.39 is 0 Å². The molecular formula is C19H22N2. The normalized spacial score (nSPS) is 19.5. The molecule has 108 valence electrons. The van der Waals surface area contributed by atoms with E-state index in [2.05, 4.69) is 53.6 Å². The largest absolute Gasteiger partial charge is 0.305 e. The van der Waals surface area contributed by atoms with Gasteiger partial charge >= 0.3 is 0 Å². The van der Waals surface area contributed by atoms with Crippen molar-refractivity contribution in [1.82, 2.24) is 10.3 Å². The zero-order chi connectivity index (χ0) is 14.2. The molecule has 2 aliphatic carbocycles. The number of aromatic nitrogens is 1. The first kappa shape index (κ1) is 13.0. The Hall–Kier alpha value is -1.67. The van der Waals surface area contributed by atoms with Gasteiger partial charge in [-0.15, -0.1) is 0 Å². The van der Waals surface area contributed by atoms with Crippen LogP contribution in [0.3, 0.4) is 0 Å². The number of rotatable bonds is 4. The Morgan fingerprint density at radius 1 is 1.10 bits per heavy atom. The van der Waals surface area contributed by atoms with Gasteiger partial charge in [-0.25, -0.2) is 0 Å². The summed E-state index contributed by atoms with van der Waals surface area (Å²) in [5, 5.41) is 3.91. The molecule has 0 radical (unpaired) electrons. The number of nitrogens with zero attached hydrogens (tertiary/aromatic N) is 1. The standard InChI is InChI=1S/C19H22N2/c1-13-8-9-20-18(10-13)19(14-6-7-14)21-17-11-15-4-2-3-5-16(15)12-17/h2-5,8-10,14,17,19,21H,6-7,11-12H2,1H3/t19-/m1/s1. The van der Waals surface area contributed by atoms with Crippen LogP contribution in [0.4, 0.5) is 0 Å². The molecule has 0 saturated heterocycles. The lowest BCUT2D eigenvalue weighted by Gasteiger charge is -2.22. The minimum Gasteiger partial charge on any atom is -0.305 e. The number of aryl methyl sites for hydroxylation is 1. The van der Waals surface area contributed by atoms with Gasteiger partial charge in [0.15, 0.2) is 0 Å². The average molecular weight is 278 g/mol. The topological polar surface area (TPSA) is 24.9 Å². The van der Waals surface area contributed by atoms with Crippen LogP contribution >= 0.6 is 0 Å². The lowest BCUT2D eigenvalue weighted by atomic mass is 10.0. The molecule has 0 spiro atoms. The molecule has 1 saturated carbocycles. The fourth-order valence-electron chi connectivity index (χ4n) is 3.55. The van der Waals surface area contributed by atoms with Crippen molar-refractivity contribution >= 4 is 0 Å². The molecule has 1 N–H and O–H groups in total. The third kappa shape index (κ3) is 2.73. The number of hydrogen-bond acceptors (Lipinski definition) is 2. The third-order valence-electron chi connectivity index (χ3n) is 4.81. The fourth-order valence-corrected chi connectivity index (χ4v) is 3.55. The molecular weight excluding hydrogens is 256 g/mol. The van der Waals surface area contributed by atoms with Gasteiger partial charge in [0, 0.05) is 12.2 Å². The molecule has 0 aliphatic heterocycles. The zero-order valence-electron chi connectivity index (χ0n) is 12.5. The lowest BCUT2D eigenvalue weighted by Crippen LogP contribution is -2.35. The summed E-state index contributed by atoms with van der Waals surface area (Å²) in [6, 6.07) is 14.2. The second-order valence-corrected chi connectivity index (χ2v) is 6.61. The minimum absolute atomic E-state index is 0.434. The smallest absolute Gasteiger partial charge is 0.0578 e. The van der Waals surface area contributed by atoms with Gasteiger partial charge in [0.1, 0.15) is 0 Å². The number of fused-ring (bicyclic) bond motifs is 1. The van der Waals surface area contributed by atoms with Crippen molar-refractivity contribution in [3.8, 4) is 0 Å². The molecule has 2 aliphatic rings. The Kier molecular flexibility index (Phi) is 3.27. The lowest BCUT2D eigenvalue weighted by molar-refractivity contribution is 0.403. The van der Waals surface area contributed by atoms with E-state index >= 15 is 0 Å². The maximum absolute atomic E-state index is 4.63. The molecule has 1 atom stereocenters. The molecule has 1 heterocycles. The Labute approximate surface area is 126 Å². The van der Waals surface area contributed by atoms with Crippen LogP contribution in [0, 0.1) is 12.8 Å². The van der Waals surface area contributed by atoms with E-state index in [-0.39, 0.29) is 0 Å². The van der Waals surface area contributed by atoms with Crippen LogP contribution in [-0.2, 0) is 12.8 Å². The average Bonchev–Trinajstić information content (AvgIpc) is 3.24. The van der Waals surface area contributed by atoms with E-state index in [4.69, 9.17) is 0 Å². The number of hydrogen-bond donors (Lipinski definition) is 1. The summed E-state index contributed by atoms with van der Waals surface area (Å²) in [6.45, 7) is 2.15. The van der Waals surface area contributed by atoms with Gasteiger partial charge in [-0.1, -0.05) is 24.3 Å². The van der Waals surface area contributed by atoms with Gasteiger partial charge < -0.3 is 5.32 Å². The number of pyridine rings is 1. The van der Waals surface area contributed by atoms with Gasteiger partial charge in [0.2, 0.25) is 0 Å². The summed E-state index contributed by atoms with van der Waals surface area (Å²) >= 11 is 0. The van der Waals surface area contributed by atoms with Crippen molar-refractivity contribution < 1.29 is 0 Å². The molecule has 21 heavy (non-hydrogen) atoms. The Morgan fingerprint density at radius 2 is 1.81 bits per heavy atom. The summed E-state index contributed by atoms with van der Waals surface area (Å²) in [7, 11) is 0. The van der Waals surface area contributed by atoms with Gasteiger partial charge in [-0.3, -0.25) is 4.98 Å². The second kappa shape index (κ2) is 5.27. The van der Waals surface area contributed by atoms with E-state index in [0.717, 1.165) is 18.8 Å². The summed E-state index contributed by atoms with van der Waals surface area (Å²) in [6.07, 6.45) is 6.95. The highest BCUT2D eigenvalue weighted by Crippen LogP contribution is 2.41. The third-order valence-corrected chi connectivity index (χ3v) is 4.81. The fraction of sp³-hybridized carbons (Fsp3) is 0.421. The minimum atomic E-state index is 0.434. The van der Waals surface area contributed by atoms with Crippen molar-refractivity contribution in [1.29, 1.82) is 0 Å². The van der Waals surface area contributed by atoms with Crippen molar-refractivity contribution in [2.24, 2.45) is 5.92 Å². The highest BCUT2D eigenvalue weighted by Gasteiger charge is 2.35. The van der Waals surface area contributed by atoms with E-state index in [1.54, 1.807) is 0 Å². The molecule has 0 bridgehead atoms. The van der Waals surface area contributed by atoms with Crippen molar-refractivity contribution in [2.45, 2.75) is 44.7 Å². The Bertz CT molecular complexity index is 621. The van der Waals surface area contributed by atoms with E-state index in [9.17, 15) is 0 Å². The first-order valence-corrected chi connectivity index (χ1v) is 8.05. The van der Waals surface area contributed by atoms with E-state index in [0.29, 0.717) is 12.1 Å². The first-order chi connectivity index (χ1) is 10.3. The molecule has 2 aromatic rings. The predicted molar refractivity (Wildman–Crippen MR) is 85.2 cm³/mol. The molecule has 1 aromatic carbocycles. The molecule has 4 rings (SSSR count). The molecule has 0 amide bonds. The van der Waals surface area contributed by atoms with Gasteiger partial charge in [-0.05, 0) is 67.3 Å². The molecule has 0 unspecified atom stereocenters. The van der Waals surface area contributed by atoms with Crippen LogP contribution in [0.1, 0.15) is 41.3 Å². The molecule has 1 aromatic heterocycles. The van der Waals surface area contributed by atoms with Gasteiger partial charge in [0.25, 0.3) is 0 Å². The van der Waals surface area contributed by atoms with Crippen LogP contribution in [0.15, 0.2) is 42.6 Å². The van der Waals surface area contributed by atoms with Crippen LogP contribution < -0.4 is 5.32 Å². The maximum atomic E-state index is 4.63. The molecule has 2 heteroatoms. The number of nitrogens with one attached hydrogen (secondary N) is 1. The van der Waals surface area contributed by atoms with Crippen LogP contribution in [0.5, 0.6) is 0 Å². The number of benzene rings is 1. The summed E-state index contributed by atoms with van der Waals surface area (Å²) in [4.78, 5) is 4.63. The van der Waals surface area contributed by atoms with Crippen LogP contribution in [0.2, 0.25) is 0 Å². The van der Waals surface area contributed by atoms with Crippen LogP contribution in [-0.4, -0.2) is 11.0 Å². The SMILES string of the molecule is Cc1ccnc([C@H](NC2Cc3ccccc3C2)C2CC2)c1. The van der Waals surface area contributed by atoms with Crippen molar-refractivity contribution in [3.05, 3.63) is 65.0 Å². The van der Waals surface area contributed by atoms with Gasteiger partial charge in [-0.2, -0.15) is 0 Å². The Morgan fingerprint density at radius 3 is 2.43 bits per heavy atom. The van der Waals surface area contributed by atoms with Crippen molar-refractivity contribution in [3.63, 3.8) is 0 Å². The van der Waals surface area contributed by atoms with E-state index in [1.165, 1.54) is 35.2 Å². The summed E-state index contributed by atoms with van der Waals surface area (Å²) < 4.78 is 0. The van der Waals surface area contributed by atoms with Crippen molar-refractivity contribution in [2.75, 3.05) is 0 Å². The highest BCUT2D eigenvalue weighted by molar-refractivity contribution is 5.33. The monoisotopic (exact) mass is 278 g/mol. The van der Waals surface area contributed by atoms with E-state index in [1.807, 2.05) is 6.20 Å². The maximum Gasteiger partial charge on any atom is 0.0578 e. The molecule has 1 fully saturated rings. The predicted octanol–water partition coefficient (Wildman–Crippen LogP) is 3.60. The second-order valence-electron chi connectivity index (χ2n) is 6.61. The van der Waals surface area contributed by atoms with Crippen LogP contribution in [0.25, 0.3) is 0 Å². The summed E-state index contributed by atoms with van der Waals surface area (Å²) in [5.41, 5.74) is 5.57. The highest BCUT2D eigenvalue weighted by atomic mass is 15.0.